The molecule has 4 nitrogen and oxygen atoms in total. The predicted molar refractivity (Wildman–Crippen MR) is 65.1 cm³/mol. The van der Waals surface area contributed by atoms with E-state index < -0.39 is 23.4 Å². The number of carbonyl (C=O) groups excluding carboxylic acids is 1. The lowest BCUT2D eigenvalue weighted by Gasteiger charge is -2.06. The van der Waals surface area contributed by atoms with Crippen LogP contribution in [0.2, 0.25) is 0 Å². The number of hydrogen-bond donors (Lipinski definition) is 1. The van der Waals surface area contributed by atoms with Crippen molar-refractivity contribution in [1.29, 1.82) is 0 Å². The van der Waals surface area contributed by atoms with Gasteiger partial charge in [-0.3, -0.25) is 4.79 Å². The summed E-state index contributed by atoms with van der Waals surface area (Å²) >= 11 is 0. The summed E-state index contributed by atoms with van der Waals surface area (Å²) in [6.45, 7) is 0. The van der Waals surface area contributed by atoms with Crippen molar-refractivity contribution in [2.75, 3.05) is 12.4 Å². The summed E-state index contributed by atoms with van der Waals surface area (Å²) in [7, 11) is 1.44. The van der Waals surface area contributed by atoms with E-state index in [1.165, 1.54) is 25.4 Å². The highest BCUT2D eigenvalue weighted by atomic mass is 19.2. The van der Waals surface area contributed by atoms with E-state index in [-0.39, 0.29) is 5.56 Å². The SMILES string of the molecule is COc1ccc(NC(=O)c2cc(F)c(F)c(F)c2)cn1. The number of benzene rings is 1. The van der Waals surface area contributed by atoms with E-state index >= 15 is 0 Å². The topological polar surface area (TPSA) is 51.2 Å². The summed E-state index contributed by atoms with van der Waals surface area (Å²) < 4.78 is 43.6. The van der Waals surface area contributed by atoms with Gasteiger partial charge in [0.25, 0.3) is 5.91 Å². The lowest BCUT2D eigenvalue weighted by molar-refractivity contribution is 0.102. The number of anilines is 1. The number of halogens is 3. The number of nitrogens with one attached hydrogen (secondary N) is 1. The van der Waals surface area contributed by atoms with Crippen LogP contribution in [0.25, 0.3) is 0 Å². The summed E-state index contributed by atoms with van der Waals surface area (Å²) in [5.41, 5.74) is -0.0295. The molecule has 0 radical (unpaired) electrons. The number of carbonyl (C=O) groups is 1. The van der Waals surface area contributed by atoms with Crippen LogP contribution in [0, 0.1) is 17.5 Å². The second-order valence-corrected chi connectivity index (χ2v) is 3.80. The molecule has 0 saturated heterocycles. The molecule has 1 aromatic heterocycles. The van der Waals surface area contributed by atoms with Crippen molar-refractivity contribution in [2.45, 2.75) is 0 Å². The van der Waals surface area contributed by atoms with E-state index in [1.807, 2.05) is 0 Å². The maximum Gasteiger partial charge on any atom is 0.255 e. The van der Waals surface area contributed by atoms with E-state index in [9.17, 15) is 18.0 Å². The number of amides is 1. The largest absolute Gasteiger partial charge is 0.481 e. The van der Waals surface area contributed by atoms with Crippen LogP contribution in [-0.2, 0) is 0 Å². The predicted octanol–water partition coefficient (Wildman–Crippen LogP) is 2.76. The second-order valence-electron chi connectivity index (χ2n) is 3.80. The second kappa shape index (κ2) is 5.60. The van der Waals surface area contributed by atoms with E-state index in [0.29, 0.717) is 23.7 Å². The molecule has 2 rings (SSSR count). The molecule has 20 heavy (non-hydrogen) atoms. The van der Waals surface area contributed by atoms with Gasteiger partial charge in [-0.1, -0.05) is 0 Å². The summed E-state index contributed by atoms with van der Waals surface area (Å²) in [6, 6.07) is 4.23. The molecule has 104 valence electrons. The van der Waals surface area contributed by atoms with Crippen LogP contribution >= 0.6 is 0 Å². The fourth-order valence-corrected chi connectivity index (χ4v) is 1.46. The Kier molecular flexibility index (Phi) is 3.88. The third-order valence-electron chi connectivity index (χ3n) is 2.45. The van der Waals surface area contributed by atoms with Crippen LogP contribution in [0.15, 0.2) is 30.5 Å². The Balaban J connectivity index is 2.19. The number of nitrogens with zero attached hydrogens (tertiary/aromatic N) is 1. The first-order valence-corrected chi connectivity index (χ1v) is 5.47. The molecule has 0 aliphatic rings. The monoisotopic (exact) mass is 282 g/mol. The van der Waals surface area contributed by atoms with E-state index in [4.69, 9.17) is 4.74 Å². The van der Waals surface area contributed by atoms with Crippen LogP contribution < -0.4 is 10.1 Å². The van der Waals surface area contributed by atoms with Crippen molar-refractivity contribution in [3.8, 4) is 5.88 Å². The van der Waals surface area contributed by atoms with Gasteiger partial charge in [0.1, 0.15) is 0 Å². The summed E-state index contributed by atoms with van der Waals surface area (Å²) in [4.78, 5) is 15.6. The Morgan fingerprint density at radius 1 is 1.20 bits per heavy atom. The summed E-state index contributed by atoms with van der Waals surface area (Å²) in [5, 5.41) is 2.37. The van der Waals surface area contributed by atoms with Gasteiger partial charge in [-0.15, -0.1) is 0 Å². The zero-order valence-electron chi connectivity index (χ0n) is 10.3. The molecule has 0 aliphatic carbocycles. The van der Waals surface area contributed by atoms with Crippen LogP contribution in [0.3, 0.4) is 0 Å². The normalized spacial score (nSPS) is 10.2. The van der Waals surface area contributed by atoms with Gasteiger partial charge in [0.15, 0.2) is 17.5 Å². The number of hydrogen-bond acceptors (Lipinski definition) is 3. The molecule has 0 atom stereocenters. The van der Waals surface area contributed by atoms with E-state index in [2.05, 4.69) is 10.3 Å². The Labute approximate surface area is 112 Å². The smallest absolute Gasteiger partial charge is 0.255 e. The average molecular weight is 282 g/mol. The quantitative estimate of drug-likeness (QED) is 0.881. The lowest BCUT2D eigenvalue weighted by Crippen LogP contribution is -2.13. The molecule has 1 amide bonds. The Hall–Kier alpha value is -2.57. The third-order valence-corrected chi connectivity index (χ3v) is 2.45. The van der Waals surface area contributed by atoms with Crippen molar-refractivity contribution in [2.24, 2.45) is 0 Å². The van der Waals surface area contributed by atoms with Crippen molar-refractivity contribution in [3.05, 3.63) is 53.5 Å². The molecule has 1 heterocycles. The Morgan fingerprint density at radius 3 is 2.35 bits per heavy atom. The number of rotatable bonds is 3. The molecule has 0 spiro atoms. The minimum Gasteiger partial charge on any atom is -0.481 e. The zero-order chi connectivity index (χ0) is 14.7. The third kappa shape index (κ3) is 2.87. The molecule has 1 aromatic carbocycles. The molecule has 0 aliphatic heterocycles. The van der Waals surface area contributed by atoms with Crippen molar-refractivity contribution >= 4 is 11.6 Å². The number of ether oxygens (including phenoxy) is 1. The van der Waals surface area contributed by atoms with Gasteiger partial charge in [0.05, 0.1) is 19.0 Å². The van der Waals surface area contributed by atoms with Gasteiger partial charge in [0.2, 0.25) is 5.88 Å². The van der Waals surface area contributed by atoms with E-state index in [0.717, 1.165) is 0 Å². The fraction of sp³-hybridized carbons (Fsp3) is 0.0769. The first-order valence-electron chi connectivity index (χ1n) is 5.47. The minimum absolute atomic E-state index is 0.306. The summed E-state index contributed by atoms with van der Waals surface area (Å²) in [5.74, 6) is -4.91. The Morgan fingerprint density at radius 2 is 1.85 bits per heavy atom. The molecular weight excluding hydrogens is 273 g/mol. The highest BCUT2D eigenvalue weighted by molar-refractivity contribution is 6.04. The highest BCUT2D eigenvalue weighted by Crippen LogP contribution is 2.16. The first kappa shape index (κ1) is 13.9. The molecule has 0 bridgehead atoms. The fourth-order valence-electron chi connectivity index (χ4n) is 1.46. The molecular formula is C13H9F3N2O2. The Bertz CT molecular complexity index is 622. The van der Waals surface area contributed by atoms with Crippen molar-refractivity contribution in [1.82, 2.24) is 4.98 Å². The van der Waals surface area contributed by atoms with Crippen LogP contribution in [-0.4, -0.2) is 18.0 Å². The van der Waals surface area contributed by atoms with Gasteiger partial charge in [0, 0.05) is 11.6 Å². The van der Waals surface area contributed by atoms with Crippen molar-refractivity contribution < 1.29 is 22.7 Å². The van der Waals surface area contributed by atoms with Crippen LogP contribution in [0.5, 0.6) is 5.88 Å². The van der Waals surface area contributed by atoms with Gasteiger partial charge in [-0.2, -0.15) is 0 Å². The maximum atomic E-state index is 13.0. The molecule has 1 N–H and O–H groups in total. The standard InChI is InChI=1S/C13H9F3N2O2/c1-20-11-3-2-8(6-17-11)18-13(19)7-4-9(14)12(16)10(15)5-7/h2-6H,1H3,(H,18,19). The van der Waals surface area contributed by atoms with Crippen LogP contribution in [0.4, 0.5) is 18.9 Å². The number of aromatic nitrogens is 1. The highest BCUT2D eigenvalue weighted by Gasteiger charge is 2.15. The summed E-state index contributed by atoms with van der Waals surface area (Å²) in [6.07, 6.45) is 1.31. The molecule has 7 heteroatoms. The van der Waals surface area contributed by atoms with E-state index in [1.54, 1.807) is 0 Å². The number of pyridine rings is 1. The molecule has 0 unspecified atom stereocenters. The number of methoxy groups -OCH3 is 1. The zero-order valence-corrected chi connectivity index (χ0v) is 10.3. The van der Waals surface area contributed by atoms with Crippen molar-refractivity contribution in [3.63, 3.8) is 0 Å². The van der Waals surface area contributed by atoms with Gasteiger partial charge in [-0.25, -0.2) is 18.2 Å². The first-order chi connectivity index (χ1) is 9.51. The molecule has 0 fully saturated rings. The van der Waals surface area contributed by atoms with Gasteiger partial charge in [-0.05, 0) is 18.2 Å². The lowest BCUT2D eigenvalue weighted by atomic mass is 10.2. The van der Waals surface area contributed by atoms with Gasteiger partial charge >= 0.3 is 0 Å². The molecule has 2 aromatic rings. The molecule has 0 saturated carbocycles. The minimum atomic E-state index is -1.62. The maximum absolute atomic E-state index is 13.0. The average Bonchev–Trinajstić information content (AvgIpc) is 2.45. The van der Waals surface area contributed by atoms with Crippen LogP contribution in [0.1, 0.15) is 10.4 Å². The van der Waals surface area contributed by atoms with Gasteiger partial charge < -0.3 is 10.1 Å².